The van der Waals surface area contributed by atoms with Crippen molar-refractivity contribution in [3.63, 3.8) is 0 Å². The van der Waals surface area contributed by atoms with Crippen molar-refractivity contribution in [1.29, 1.82) is 0 Å². The minimum Gasteiger partial charge on any atom is -0.508 e. The highest BCUT2D eigenvalue weighted by atomic mass is 16.3. The zero-order valence-corrected chi connectivity index (χ0v) is 10.8. The van der Waals surface area contributed by atoms with Gasteiger partial charge in [-0.3, -0.25) is 9.36 Å². The van der Waals surface area contributed by atoms with Crippen LogP contribution in [-0.2, 0) is 0 Å². The van der Waals surface area contributed by atoms with Crippen molar-refractivity contribution in [2.45, 2.75) is 12.5 Å². The summed E-state index contributed by atoms with van der Waals surface area (Å²) in [5.74, 6) is 0.437. The maximum absolute atomic E-state index is 11.7. The summed E-state index contributed by atoms with van der Waals surface area (Å²) in [4.78, 5) is 18.1. The van der Waals surface area contributed by atoms with Crippen LogP contribution in [0.4, 0.5) is 5.69 Å². The van der Waals surface area contributed by atoms with Gasteiger partial charge in [0.15, 0.2) is 0 Å². The standard InChI is InChI=1S/C14H15N3O3/c18-11-4-6-17(14(20)7-11)13-2-1-10(8-15-13)16-5-3-12(19)9-16/h1-2,4,6-8,12,18-19H,3,5,9H2/t12-/m1/s1. The summed E-state index contributed by atoms with van der Waals surface area (Å²) in [5.41, 5.74) is 0.596. The second-order valence-corrected chi connectivity index (χ2v) is 4.86. The lowest BCUT2D eigenvalue weighted by molar-refractivity contribution is 0.198. The van der Waals surface area contributed by atoms with Gasteiger partial charge in [0.2, 0.25) is 0 Å². The molecule has 6 nitrogen and oxygen atoms in total. The Hall–Kier alpha value is -2.34. The van der Waals surface area contributed by atoms with Crippen molar-refractivity contribution in [3.8, 4) is 11.6 Å². The second-order valence-electron chi connectivity index (χ2n) is 4.86. The fourth-order valence-electron chi connectivity index (χ4n) is 2.34. The Balaban J connectivity index is 1.87. The lowest BCUT2D eigenvalue weighted by Crippen LogP contribution is -2.22. The fraction of sp³-hybridized carbons (Fsp3) is 0.286. The molecule has 0 radical (unpaired) electrons. The van der Waals surface area contributed by atoms with E-state index in [-0.39, 0.29) is 17.4 Å². The first kappa shape index (κ1) is 12.7. The van der Waals surface area contributed by atoms with Crippen LogP contribution in [0.2, 0.25) is 0 Å². The Bertz CT molecular complexity index is 666. The third-order valence-electron chi connectivity index (χ3n) is 3.41. The van der Waals surface area contributed by atoms with E-state index in [2.05, 4.69) is 9.88 Å². The SMILES string of the molecule is O=c1cc(O)ccn1-c1ccc(N2CC[C@@H](O)C2)cn1. The van der Waals surface area contributed by atoms with Crippen molar-refractivity contribution in [3.05, 3.63) is 47.0 Å². The Labute approximate surface area is 115 Å². The molecule has 3 rings (SSSR count). The van der Waals surface area contributed by atoms with Gasteiger partial charge in [0.05, 0.1) is 18.0 Å². The number of β-amino-alcohol motifs (C(OH)–C–C–N with tert-alkyl or cyclic N) is 1. The molecule has 1 aliphatic rings. The Morgan fingerprint density at radius 3 is 2.75 bits per heavy atom. The van der Waals surface area contributed by atoms with Gasteiger partial charge in [0.1, 0.15) is 11.6 Å². The molecule has 0 unspecified atom stereocenters. The van der Waals surface area contributed by atoms with Gasteiger partial charge in [0, 0.05) is 25.4 Å². The molecule has 0 amide bonds. The van der Waals surface area contributed by atoms with E-state index in [1.165, 1.54) is 16.8 Å². The number of aliphatic hydroxyl groups is 1. The molecule has 2 aromatic rings. The lowest BCUT2D eigenvalue weighted by atomic mass is 10.3. The van der Waals surface area contributed by atoms with Gasteiger partial charge in [-0.1, -0.05) is 0 Å². The van der Waals surface area contributed by atoms with Gasteiger partial charge in [-0.15, -0.1) is 0 Å². The van der Waals surface area contributed by atoms with E-state index in [0.29, 0.717) is 12.4 Å². The topological polar surface area (TPSA) is 78.6 Å². The summed E-state index contributed by atoms with van der Waals surface area (Å²) in [6.07, 6.45) is 3.65. The van der Waals surface area contributed by atoms with Crippen LogP contribution in [0.1, 0.15) is 6.42 Å². The highest BCUT2D eigenvalue weighted by Crippen LogP contribution is 2.20. The molecule has 1 fully saturated rings. The summed E-state index contributed by atoms with van der Waals surface area (Å²) in [7, 11) is 0. The number of hydrogen-bond donors (Lipinski definition) is 2. The zero-order valence-electron chi connectivity index (χ0n) is 10.8. The van der Waals surface area contributed by atoms with Crippen LogP contribution in [0.5, 0.6) is 5.75 Å². The third kappa shape index (κ3) is 2.37. The normalized spacial score (nSPS) is 18.4. The number of hydrogen-bond acceptors (Lipinski definition) is 5. The van der Waals surface area contributed by atoms with E-state index in [4.69, 9.17) is 0 Å². The molecule has 104 valence electrons. The Morgan fingerprint density at radius 1 is 1.30 bits per heavy atom. The van der Waals surface area contributed by atoms with E-state index in [1.54, 1.807) is 12.3 Å². The van der Waals surface area contributed by atoms with E-state index in [9.17, 15) is 15.0 Å². The van der Waals surface area contributed by atoms with Crippen molar-refractivity contribution in [2.24, 2.45) is 0 Å². The molecule has 0 aromatic carbocycles. The number of anilines is 1. The number of aromatic hydroxyl groups is 1. The molecule has 3 heterocycles. The third-order valence-corrected chi connectivity index (χ3v) is 3.41. The number of aromatic nitrogens is 2. The van der Waals surface area contributed by atoms with Crippen molar-refractivity contribution in [2.75, 3.05) is 18.0 Å². The first-order valence-electron chi connectivity index (χ1n) is 6.44. The molecule has 0 bridgehead atoms. The van der Waals surface area contributed by atoms with E-state index < -0.39 is 0 Å². The molecular weight excluding hydrogens is 258 g/mol. The summed E-state index contributed by atoms with van der Waals surface area (Å²) < 4.78 is 1.36. The van der Waals surface area contributed by atoms with E-state index in [0.717, 1.165) is 24.7 Å². The average Bonchev–Trinajstić information content (AvgIpc) is 2.86. The van der Waals surface area contributed by atoms with Crippen LogP contribution >= 0.6 is 0 Å². The molecule has 1 saturated heterocycles. The summed E-state index contributed by atoms with van der Waals surface area (Å²) in [5, 5.41) is 18.8. The molecule has 2 aromatic heterocycles. The van der Waals surface area contributed by atoms with E-state index >= 15 is 0 Å². The number of rotatable bonds is 2. The van der Waals surface area contributed by atoms with E-state index in [1.807, 2.05) is 6.07 Å². The molecule has 1 aliphatic heterocycles. The monoisotopic (exact) mass is 273 g/mol. The lowest BCUT2D eigenvalue weighted by Gasteiger charge is -2.17. The number of nitrogens with zero attached hydrogens (tertiary/aromatic N) is 3. The van der Waals surface area contributed by atoms with Crippen molar-refractivity contribution < 1.29 is 10.2 Å². The molecule has 0 spiro atoms. The smallest absolute Gasteiger partial charge is 0.259 e. The van der Waals surface area contributed by atoms with Gasteiger partial charge in [-0.25, -0.2) is 4.98 Å². The van der Waals surface area contributed by atoms with Crippen LogP contribution in [0.15, 0.2) is 41.5 Å². The van der Waals surface area contributed by atoms with Gasteiger partial charge in [-0.05, 0) is 24.6 Å². The fourth-order valence-corrected chi connectivity index (χ4v) is 2.34. The molecular formula is C14H15N3O3. The maximum Gasteiger partial charge on any atom is 0.259 e. The van der Waals surface area contributed by atoms with Crippen LogP contribution < -0.4 is 10.5 Å². The van der Waals surface area contributed by atoms with Gasteiger partial charge < -0.3 is 15.1 Å². The average molecular weight is 273 g/mol. The van der Waals surface area contributed by atoms with Gasteiger partial charge in [0.25, 0.3) is 5.56 Å². The first-order valence-corrected chi connectivity index (χ1v) is 6.44. The quantitative estimate of drug-likeness (QED) is 0.833. The van der Waals surface area contributed by atoms with Crippen LogP contribution in [0, 0.1) is 0 Å². The predicted octanol–water partition coefficient (Wildman–Crippen LogP) is 0.509. The first-order chi connectivity index (χ1) is 9.63. The van der Waals surface area contributed by atoms with Gasteiger partial charge in [-0.2, -0.15) is 0 Å². The van der Waals surface area contributed by atoms with Gasteiger partial charge >= 0.3 is 0 Å². The Morgan fingerprint density at radius 2 is 2.15 bits per heavy atom. The van der Waals surface area contributed by atoms with Crippen LogP contribution in [0.3, 0.4) is 0 Å². The van der Waals surface area contributed by atoms with Crippen LogP contribution in [-0.4, -0.2) is 39.0 Å². The summed E-state index contributed by atoms with van der Waals surface area (Å²) in [6.45, 7) is 1.42. The molecule has 6 heteroatoms. The summed E-state index contributed by atoms with van der Waals surface area (Å²) in [6, 6.07) is 6.21. The van der Waals surface area contributed by atoms with Crippen molar-refractivity contribution >= 4 is 5.69 Å². The highest BCUT2D eigenvalue weighted by molar-refractivity contribution is 5.47. The molecule has 0 saturated carbocycles. The maximum atomic E-state index is 11.7. The number of pyridine rings is 2. The second kappa shape index (κ2) is 4.97. The highest BCUT2D eigenvalue weighted by Gasteiger charge is 2.20. The minimum absolute atomic E-state index is 0.0612. The molecule has 2 N–H and O–H groups in total. The largest absolute Gasteiger partial charge is 0.508 e. The molecule has 1 atom stereocenters. The van der Waals surface area contributed by atoms with Crippen molar-refractivity contribution in [1.82, 2.24) is 9.55 Å². The molecule has 20 heavy (non-hydrogen) atoms. The minimum atomic E-state index is -0.332. The zero-order chi connectivity index (χ0) is 14.1. The number of aliphatic hydroxyl groups excluding tert-OH is 1. The predicted molar refractivity (Wildman–Crippen MR) is 74.3 cm³/mol. The van der Waals surface area contributed by atoms with Crippen LogP contribution in [0.25, 0.3) is 5.82 Å². The Kier molecular flexibility index (Phi) is 3.15. The summed E-state index contributed by atoms with van der Waals surface area (Å²) >= 11 is 0. The molecule has 0 aliphatic carbocycles.